The average Bonchev–Trinajstić information content (AvgIpc) is 3.12. The Morgan fingerprint density at radius 3 is 2.79 bits per heavy atom. The fourth-order valence-corrected chi connectivity index (χ4v) is 5.84. The fraction of sp³-hybridized carbons (Fsp3) is 0.381. The number of hydrogen-bond acceptors (Lipinski definition) is 5. The number of benzene rings is 1. The zero-order valence-corrected chi connectivity index (χ0v) is 18.0. The Morgan fingerprint density at radius 1 is 1.36 bits per heavy atom. The van der Waals surface area contributed by atoms with E-state index in [-0.39, 0.29) is 18.2 Å². The lowest BCUT2D eigenvalue weighted by molar-refractivity contribution is -0.113. The molecule has 0 amide bonds. The highest BCUT2D eigenvalue weighted by Crippen LogP contribution is 2.31. The van der Waals surface area contributed by atoms with E-state index in [9.17, 15) is 13.2 Å². The molecular weight excluding hydrogens is 394 g/mol. The van der Waals surface area contributed by atoms with Crippen molar-refractivity contribution in [2.24, 2.45) is 0 Å². The number of hydrogen-bond donors (Lipinski definition) is 0. The quantitative estimate of drug-likeness (QED) is 0.653. The molecule has 150 valence electrons. The van der Waals surface area contributed by atoms with Crippen molar-refractivity contribution >= 4 is 27.1 Å². The molecule has 2 heterocycles. The van der Waals surface area contributed by atoms with Gasteiger partial charge in [0, 0.05) is 18.7 Å². The maximum atomic E-state index is 12.9. The number of thiophene rings is 1. The van der Waals surface area contributed by atoms with Gasteiger partial charge in [0.05, 0.1) is 0 Å². The van der Waals surface area contributed by atoms with Crippen LogP contribution in [-0.4, -0.2) is 31.7 Å². The predicted molar refractivity (Wildman–Crippen MR) is 111 cm³/mol. The van der Waals surface area contributed by atoms with Crippen LogP contribution in [0.25, 0.3) is 0 Å². The van der Waals surface area contributed by atoms with Gasteiger partial charge in [0.1, 0.15) is 16.6 Å². The van der Waals surface area contributed by atoms with Crippen LogP contribution in [0.4, 0.5) is 0 Å². The Morgan fingerprint density at radius 2 is 2.14 bits per heavy atom. The molecule has 1 aromatic heterocycles. The molecule has 28 heavy (non-hydrogen) atoms. The predicted octanol–water partition coefficient (Wildman–Crippen LogP) is 4.36. The van der Waals surface area contributed by atoms with Crippen LogP contribution < -0.4 is 4.74 Å². The Kier molecular flexibility index (Phi) is 6.37. The summed E-state index contributed by atoms with van der Waals surface area (Å²) in [6.07, 6.45) is 2.68. The smallest absolute Gasteiger partial charge is 0.252 e. The van der Waals surface area contributed by atoms with Crippen LogP contribution in [0.15, 0.2) is 51.6 Å². The number of rotatable bonds is 6. The standard InChI is InChI=1S/C21H25NO4S2/c1-4-17(16(3)23)12-15(2)18-7-8-20-19(13-18)14-22(9-10-26-20)28(24,25)21-6-5-11-27-21/h5-8,11-13,15H,4,9-10,14H2,1-3H3/b17-12-/t15-/m0/s1. The van der Waals surface area contributed by atoms with E-state index in [0.29, 0.717) is 29.5 Å². The van der Waals surface area contributed by atoms with E-state index in [2.05, 4.69) is 0 Å². The van der Waals surface area contributed by atoms with E-state index < -0.39 is 10.0 Å². The van der Waals surface area contributed by atoms with Gasteiger partial charge in [0.25, 0.3) is 10.0 Å². The lowest BCUT2D eigenvalue weighted by Crippen LogP contribution is -2.32. The second-order valence-corrected chi connectivity index (χ2v) is 9.99. The van der Waals surface area contributed by atoms with Gasteiger partial charge < -0.3 is 4.74 Å². The molecule has 0 bridgehead atoms. The van der Waals surface area contributed by atoms with E-state index in [1.807, 2.05) is 38.1 Å². The second-order valence-electron chi connectivity index (χ2n) is 6.88. The van der Waals surface area contributed by atoms with Crippen LogP contribution in [-0.2, 0) is 21.4 Å². The minimum absolute atomic E-state index is 0.0507. The third-order valence-corrected chi connectivity index (χ3v) is 8.15. The number of sulfonamides is 1. The van der Waals surface area contributed by atoms with Gasteiger partial charge in [-0.2, -0.15) is 4.31 Å². The molecule has 0 aliphatic carbocycles. The summed E-state index contributed by atoms with van der Waals surface area (Å²) in [5.41, 5.74) is 2.68. The molecule has 0 N–H and O–H groups in total. The van der Waals surface area contributed by atoms with Gasteiger partial charge in [-0.1, -0.05) is 38.1 Å². The molecule has 1 atom stereocenters. The van der Waals surface area contributed by atoms with Crippen LogP contribution in [0.1, 0.15) is 44.2 Å². The normalized spacial score (nSPS) is 16.8. The maximum Gasteiger partial charge on any atom is 0.252 e. The average molecular weight is 420 g/mol. The summed E-state index contributed by atoms with van der Waals surface area (Å²) in [5, 5.41) is 1.77. The number of carbonyl (C=O) groups is 1. The van der Waals surface area contributed by atoms with Crippen LogP contribution in [0.5, 0.6) is 5.75 Å². The summed E-state index contributed by atoms with van der Waals surface area (Å²) in [5.74, 6) is 0.849. The lowest BCUT2D eigenvalue weighted by Gasteiger charge is -2.19. The van der Waals surface area contributed by atoms with Gasteiger partial charge in [-0.3, -0.25) is 4.79 Å². The van der Waals surface area contributed by atoms with E-state index in [0.717, 1.165) is 16.7 Å². The molecular formula is C21H25NO4S2. The first-order valence-corrected chi connectivity index (χ1v) is 11.7. The van der Waals surface area contributed by atoms with Gasteiger partial charge in [0.2, 0.25) is 0 Å². The van der Waals surface area contributed by atoms with Crippen molar-refractivity contribution in [3.63, 3.8) is 0 Å². The van der Waals surface area contributed by atoms with Crippen LogP contribution >= 0.6 is 11.3 Å². The fourth-order valence-electron chi connectivity index (χ4n) is 3.30. The topological polar surface area (TPSA) is 63.7 Å². The van der Waals surface area contributed by atoms with Crippen molar-refractivity contribution in [1.29, 1.82) is 0 Å². The number of Topliss-reactive ketones (excluding diaryl/α,β-unsaturated/α-hetero) is 1. The molecule has 0 radical (unpaired) electrons. The number of ether oxygens (including phenoxy) is 1. The van der Waals surface area contributed by atoms with Gasteiger partial charge in [-0.25, -0.2) is 8.42 Å². The van der Waals surface area contributed by atoms with E-state index in [1.165, 1.54) is 15.6 Å². The van der Waals surface area contributed by atoms with Crippen molar-refractivity contribution in [3.05, 3.63) is 58.5 Å². The van der Waals surface area contributed by atoms with Crippen LogP contribution in [0.2, 0.25) is 0 Å². The molecule has 1 aromatic carbocycles. The number of fused-ring (bicyclic) bond motifs is 1. The number of ketones is 1. The molecule has 0 saturated heterocycles. The zero-order chi connectivity index (χ0) is 20.3. The molecule has 0 spiro atoms. The minimum Gasteiger partial charge on any atom is -0.492 e. The van der Waals surface area contributed by atoms with Crippen molar-refractivity contribution in [3.8, 4) is 5.75 Å². The molecule has 0 fully saturated rings. The molecule has 1 aliphatic rings. The second kappa shape index (κ2) is 8.59. The first-order chi connectivity index (χ1) is 13.3. The first-order valence-electron chi connectivity index (χ1n) is 9.33. The summed E-state index contributed by atoms with van der Waals surface area (Å²) < 4.78 is 33.5. The maximum absolute atomic E-state index is 12.9. The van der Waals surface area contributed by atoms with Crippen molar-refractivity contribution in [2.45, 2.75) is 43.9 Å². The number of allylic oxidation sites excluding steroid dienone is 2. The van der Waals surface area contributed by atoms with E-state index >= 15 is 0 Å². The summed E-state index contributed by atoms with van der Waals surface area (Å²) >= 11 is 1.22. The molecule has 0 unspecified atom stereocenters. The number of nitrogens with zero attached hydrogens (tertiary/aromatic N) is 1. The molecule has 5 nitrogen and oxygen atoms in total. The first kappa shape index (κ1) is 20.8. The van der Waals surface area contributed by atoms with Gasteiger partial charge in [-0.15, -0.1) is 11.3 Å². The summed E-state index contributed by atoms with van der Waals surface area (Å²) in [4.78, 5) is 11.7. The van der Waals surface area contributed by atoms with Gasteiger partial charge in [0.15, 0.2) is 5.78 Å². The SMILES string of the molecule is CC/C(=C/[C@H](C)c1ccc2c(c1)CN(S(=O)(=O)c1cccs1)CCO2)C(C)=O. The Labute approximate surface area is 170 Å². The molecule has 7 heteroatoms. The highest BCUT2D eigenvalue weighted by atomic mass is 32.2. The van der Waals surface area contributed by atoms with E-state index in [4.69, 9.17) is 4.74 Å². The Balaban J connectivity index is 1.91. The van der Waals surface area contributed by atoms with Crippen molar-refractivity contribution < 1.29 is 17.9 Å². The van der Waals surface area contributed by atoms with Gasteiger partial charge >= 0.3 is 0 Å². The summed E-state index contributed by atoms with van der Waals surface area (Å²) in [7, 11) is -3.54. The largest absolute Gasteiger partial charge is 0.492 e. The van der Waals surface area contributed by atoms with Crippen molar-refractivity contribution in [1.82, 2.24) is 4.31 Å². The molecule has 0 saturated carbocycles. The van der Waals surface area contributed by atoms with Gasteiger partial charge in [-0.05, 0) is 47.9 Å². The third kappa shape index (κ3) is 4.37. The van der Waals surface area contributed by atoms with Crippen molar-refractivity contribution in [2.75, 3.05) is 13.2 Å². The molecule has 3 rings (SSSR count). The highest BCUT2D eigenvalue weighted by Gasteiger charge is 2.28. The van der Waals surface area contributed by atoms with E-state index in [1.54, 1.807) is 24.4 Å². The molecule has 1 aliphatic heterocycles. The van der Waals surface area contributed by atoms with Crippen LogP contribution in [0, 0.1) is 0 Å². The summed E-state index contributed by atoms with van der Waals surface area (Å²) in [6, 6.07) is 9.24. The number of carbonyl (C=O) groups excluding carboxylic acids is 1. The monoisotopic (exact) mass is 419 g/mol. The lowest BCUT2D eigenvalue weighted by atomic mass is 9.94. The minimum atomic E-state index is -3.54. The Hall–Kier alpha value is -1.96. The van der Waals surface area contributed by atoms with Crippen LogP contribution in [0.3, 0.4) is 0 Å². The molecule has 2 aromatic rings. The summed E-state index contributed by atoms with van der Waals surface area (Å²) in [6.45, 7) is 6.49. The zero-order valence-electron chi connectivity index (χ0n) is 16.3. The third-order valence-electron chi connectivity index (χ3n) is 4.93. The Bertz CT molecular complexity index is 978. The highest BCUT2D eigenvalue weighted by molar-refractivity contribution is 7.91.